The minimum absolute atomic E-state index is 0.440. The fourth-order valence-electron chi connectivity index (χ4n) is 1.91. The molecule has 1 aromatic heterocycles. The molecule has 0 aromatic carbocycles. The summed E-state index contributed by atoms with van der Waals surface area (Å²) in [5.41, 5.74) is 1.12. The molecule has 1 fully saturated rings. The highest BCUT2D eigenvalue weighted by Gasteiger charge is 2.21. The van der Waals surface area contributed by atoms with E-state index in [-0.39, 0.29) is 0 Å². The van der Waals surface area contributed by atoms with E-state index in [1.165, 1.54) is 0 Å². The first kappa shape index (κ1) is 12.3. The van der Waals surface area contributed by atoms with Gasteiger partial charge in [-0.3, -0.25) is 0 Å². The standard InChI is InChI=1S/C11H17BrN2OS/c1-9-8-16-11(13-9)14-5-2-10(3-6-14)15-7-4-12/h8,10H,2-7H2,1H3. The molecule has 5 heteroatoms. The Morgan fingerprint density at radius 2 is 2.31 bits per heavy atom. The number of hydrogen-bond acceptors (Lipinski definition) is 4. The molecule has 0 N–H and O–H groups in total. The number of alkyl halides is 1. The summed E-state index contributed by atoms with van der Waals surface area (Å²) >= 11 is 5.13. The third-order valence-corrected chi connectivity index (χ3v) is 4.09. The highest BCUT2D eigenvalue weighted by molar-refractivity contribution is 9.09. The summed E-state index contributed by atoms with van der Waals surface area (Å²) < 4.78 is 5.73. The van der Waals surface area contributed by atoms with E-state index in [1.807, 2.05) is 6.92 Å². The molecule has 3 nitrogen and oxygen atoms in total. The Hall–Kier alpha value is -0.130. The van der Waals surface area contributed by atoms with E-state index < -0.39 is 0 Å². The minimum atomic E-state index is 0.440. The van der Waals surface area contributed by atoms with Gasteiger partial charge >= 0.3 is 0 Å². The second-order valence-corrected chi connectivity index (χ2v) is 5.65. The third kappa shape index (κ3) is 3.18. The predicted octanol–water partition coefficient (Wildman–Crippen LogP) is 2.83. The highest BCUT2D eigenvalue weighted by Crippen LogP contribution is 2.24. The molecular weight excluding hydrogens is 288 g/mol. The molecule has 0 radical (unpaired) electrons. The van der Waals surface area contributed by atoms with Crippen LogP contribution in [0.2, 0.25) is 0 Å². The average Bonchev–Trinajstić information content (AvgIpc) is 2.74. The maximum absolute atomic E-state index is 5.73. The molecule has 16 heavy (non-hydrogen) atoms. The monoisotopic (exact) mass is 304 g/mol. The molecule has 1 aliphatic rings. The average molecular weight is 305 g/mol. The van der Waals surface area contributed by atoms with Crippen LogP contribution in [0.25, 0.3) is 0 Å². The molecule has 0 bridgehead atoms. The van der Waals surface area contributed by atoms with Crippen molar-refractivity contribution in [1.29, 1.82) is 0 Å². The number of anilines is 1. The van der Waals surface area contributed by atoms with Crippen LogP contribution in [0, 0.1) is 6.92 Å². The minimum Gasteiger partial charge on any atom is -0.377 e. The van der Waals surface area contributed by atoms with Crippen LogP contribution in [0.15, 0.2) is 5.38 Å². The van der Waals surface area contributed by atoms with Gasteiger partial charge in [0.1, 0.15) is 0 Å². The van der Waals surface area contributed by atoms with Gasteiger partial charge in [0.15, 0.2) is 5.13 Å². The van der Waals surface area contributed by atoms with Crippen molar-refractivity contribution >= 4 is 32.4 Å². The molecule has 90 valence electrons. The number of halogens is 1. The van der Waals surface area contributed by atoms with Crippen LogP contribution < -0.4 is 4.90 Å². The maximum Gasteiger partial charge on any atom is 0.185 e. The summed E-state index contributed by atoms with van der Waals surface area (Å²) in [6, 6.07) is 0. The summed E-state index contributed by atoms with van der Waals surface area (Å²) in [5, 5.41) is 4.21. The number of ether oxygens (including phenoxy) is 1. The Labute approximate surface area is 109 Å². The summed E-state index contributed by atoms with van der Waals surface area (Å²) in [5.74, 6) is 0. The summed E-state index contributed by atoms with van der Waals surface area (Å²) in [6.07, 6.45) is 2.67. The smallest absolute Gasteiger partial charge is 0.185 e. The van der Waals surface area contributed by atoms with Gasteiger partial charge in [-0.25, -0.2) is 4.98 Å². The Morgan fingerprint density at radius 3 is 2.88 bits per heavy atom. The summed E-state index contributed by atoms with van der Waals surface area (Å²) in [4.78, 5) is 6.88. The van der Waals surface area contributed by atoms with Crippen molar-refractivity contribution in [2.45, 2.75) is 25.9 Å². The summed E-state index contributed by atoms with van der Waals surface area (Å²) in [6.45, 7) is 5.01. The van der Waals surface area contributed by atoms with Gasteiger partial charge in [0.05, 0.1) is 18.4 Å². The second kappa shape index (κ2) is 5.98. The molecule has 0 aliphatic carbocycles. The Balaban J connectivity index is 1.81. The van der Waals surface area contributed by atoms with Crippen LogP contribution in [0.1, 0.15) is 18.5 Å². The van der Waals surface area contributed by atoms with Crippen molar-refractivity contribution < 1.29 is 4.74 Å². The number of aryl methyl sites for hydroxylation is 1. The van der Waals surface area contributed by atoms with E-state index in [4.69, 9.17) is 4.74 Å². The normalized spacial score (nSPS) is 18.0. The van der Waals surface area contributed by atoms with Gasteiger partial charge in [0.25, 0.3) is 0 Å². The van der Waals surface area contributed by atoms with Crippen molar-refractivity contribution in [3.8, 4) is 0 Å². The highest BCUT2D eigenvalue weighted by atomic mass is 79.9. The lowest BCUT2D eigenvalue weighted by molar-refractivity contribution is 0.0481. The van der Waals surface area contributed by atoms with Gasteiger partial charge in [0.2, 0.25) is 0 Å². The molecule has 2 rings (SSSR count). The molecule has 0 saturated carbocycles. The van der Waals surface area contributed by atoms with Gasteiger partial charge in [-0.2, -0.15) is 0 Å². The molecular formula is C11H17BrN2OS. The van der Waals surface area contributed by atoms with Crippen LogP contribution in [0.4, 0.5) is 5.13 Å². The lowest BCUT2D eigenvalue weighted by atomic mass is 10.1. The maximum atomic E-state index is 5.73. The first-order valence-electron chi connectivity index (χ1n) is 5.64. The molecule has 1 aliphatic heterocycles. The Morgan fingerprint density at radius 1 is 1.56 bits per heavy atom. The van der Waals surface area contributed by atoms with E-state index in [1.54, 1.807) is 11.3 Å². The fraction of sp³-hybridized carbons (Fsp3) is 0.727. The quantitative estimate of drug-likeness (QED) is 0.800. The van der Waals surface area contributed by atoms with Gasteiger partial charge in [-0.1, -0.05) is 15.9 Å². The Bertz CT molecular complexity index is 324. The largest absolute Gasteiger partial charge is 0.377 e. The fourth-order valence-corrected chi connectivity index (χ4v) is 2.96. The van der Waals surface area contributed by atoms with Crippen LogP contribution in [-0.2, 0) is 4.74 Å². The number of thiazole rings is 1. The lowest BCUT2D eigenvalue weighted by Gasteiger charge is -2.31. The number of rotatable bonds is 4. The van der Waals surface area contributed by atoms with Crippen molar-refractivity contribution in [2.24, 2.45) is 0 Å². The van der Waals surface area contributed by atoms with Gasteiger partial charge in [0, 0.05) is 23.8 Å². The van der Waals surface area contributed by atoms with Crippen molar-refractivity contribution in [1.82, 2.24) is 4.98 Å². The zero-order valence-electron chi connectivity index (χ0n) is 9.49. The van der Waals surface area contributed by atoms with Gasteiger partial charge in [-0.05, 0) is 19.8 Å². The SMILES string of the molecule is Cc1csc(N2CCC(OCCBr)CC2)n1. The Kier molecular flexibility index (Phi) is 4.61. The van der Waals surface area contributed by atoms with Crippen LogP contribution in [0.3, 0.4) is 0 Å². The number of piperidine rings is 1. The molecule has 1 saturated heterocycles. The number of aromatic nitrogens is 1. The van der Waals surface area contributed by atoms with Gasteiger partial charge < -0.3 is 9.64 Å². The molecule has 0 unspecified atom stereocenters. The van der Waals surface area contributed by atoms with E-state index in [9.17, 15) is 0 Å². The van der Waals surface area contributed by atoms with Crippen molar-refractivity contribution in [3.63, 3.8) is 0 Å². The molecule has 1 aromatic rings. The van der Waals surface area contributed by atoms with E-state index in [2.05, 4.69) is 31.2 Å². The lowest BCUT2D eigenvalue weighted by Crippen LogP contribution is -2.37. The second-order valence-electron chi connectivity index (χ2n) is 4.02. The molecule has 2 heterocycles. The topological polar surface area (TPSA) is 25.4 Å². The molecule has 0 amide bonds. The number of hydrogen-bond donors (Lipinski definition) is 0. The zero-order valence-corrected chi connectivity index (χ0v) is 11.9. The molecule has 0 spiro atoms. The van der Waals surface area contributed by atoms with E-state index in [0.717, 1.165) is 48.7 Å². The number of nitrogens with zero attached hydrogens (tertiary/aromatic N) is 2. The zero-order chi connectivity index (χ0) is 11.4. The first-order valence-corrected chi connectivity index (χ1v) is 7.64. The predicted molar refractivity (Wildman–Crippen MR) is 71.8 cm³/mol. The molecule has 0 atom stereocenters. The van der Waals surface area contributed by atoms with Crippen LogP contribution in [-0.4, -0.2) is 36.1 Å². The first-order chi connectivity index (χ1) is 7.79. The van der Waals surface area contributed by atoms with Gasteiger partial charge in [-0.15, -0.1) is 11.3 Å². The van der Waals surface area contributed by atoms with E-state index >= 15 is 0 Å². The van der Waals surface area contributed by atoms with Crippen molar-refractivity contribution in [2.75, 3.05) is 29.9 Å². The third-order valence-electron chi connectivity index (χ3n) is 2.75. The van der Waals surface area contributed by atoms with Crippen LogP contribution >= 0.6 is 27.3 Å². The van der Waals surface area contributed by atoms with E-state index in [0.29, 0.717) is 6.10 Å². The van der Waals surface area contributed by atoms with Crippen LogP contribution in [0.5, 0.6) is 0 Å². The summed E-state index contributed by atoms with van der Waals surface area (Å²) in [7, 11) is 0. The van der Waals surface area contributed by atoms with Crippen molar-refractivity contribution in [3.05, 3.63) is 11.1 Å².